The van der Waals surface area contributed by atoms with E-state index >= 15 is 0 Å². The molecule has 0 saturated carbocycles. The molecular formula is C17H9Cl3N2O4. The van der Waals surface area contributed by atoms with Crippen LogP contribution in [-0.4, -0.2) is 23.0 Å². The van der Waals surface area contributed by atoms with Crippen LogP contribution >= 0.6 is 34.8 Å². The molecule has 26 heavy (non-hydrogen) atoms. The Morgan fingerprint density at radius 2 is 1.58 bits per heavy atom. The summed E-state index contributed by atoms with van der Waals surface area (Å²) in [5.41, 5.74) is 0.958. The van der Waals surface area contributed by atoms with Crippen LogP contribution < -0.4 is 10.2 Å². The number of hydrogen-bond donors (Lipinski definition) is 2. The van der Waals surface area contributed by atoms with Gasteiger partial charge in [-0.25, -0.2) is 9.69 Å². The molecule has 0 fully saturated rings. The van der Waals surface area contributed by atoms with Gasteiger partial charge in [-0.2, -0.15) is 0 Å². The van der Waals surface area contributed by atoms with Gasteiger partial charge in [-0.1, -0.05) is 46.9 Å². The monoisotopic (exact) mass is 410 g/mol. The topological polar surface area (TPSA) is 86.7 Å². The van der Waals surface area contributed by atoms with E-state index < -0.39 is 17.9 Å². The number of rotatable bonds is 3. The second-order valence-corrected chi connectivity index (χ2v) is 6.43. The van der Waals surface area contributed by atoms with Crippen molar-refractivity contribution in [2.45, 2.75) is 0 Å². The van der Waals surface area contributed by atoms with Gasteiger partial charge in [-0.15, -0.1) is 0 Å². The molecule has 0 aromatic heterocycles. The Morgan fingerprint density at radius 1 is 0.923 bits per heavy atom. The highest BCUT2D eigenvalue weighted by atomic mass is 35.5. The Balaban J connectivity index is 1.96. The molecule has 9 heteroatoms. The highest BCUT2D eigenvalue weighted by molar-refractivity contribution is 6.60. The maximum atomic E-state index is 12.8. The van der Waals surface area contributed by atoms with Crippen molar-refractivity contribution in [3.63, 3.8) is 0 Å². The Kier molecular flexibility index (Phi) is 4.91. The number of nitrogens with zero attached hydrogens (tertiary/aromatic N) is 1. The number of carbonyl (C=O) groups is 3. The lowest BCUT2D eigenvalue weighted by Gasteiger charge is -2.15. The average Bonchev–Trinajstić information content (AvgIpc) is 2.80. The number of amides is 3. The molecule has 0 unspecified atom stereocenters. The fraction of sp³-hybridized carbons (Fsp3) is 0. The van der Waals surface area contributed by atoms with Crippen LogP contribution in [0.1, 0.15) is 5.56 Å². The Morgan fingerprint density at radius 3 is 2.15 bits per heavy atom. The molecule has 0 aliphatic carbocycles. The summed E-state index contributed by atoms with van der Waals surface area (Å²) < 4.78 is 0. The van der Waals surface area contributed by atoms with Crippen molar-refractivity contribution in [1.82, 2.24) is 0 Å². The van der Waals surface area contributed by atoms with Crippen molar-refractivity contribution in [2.75, 3.05) is 10.2 Å². The van der Waals surface area contributed by atoms with Gasteiger partial charge in [0.05, 0.1) is 21.3 Å². The predicted octanol–water partition coefficient (Wildman–Crippen LogP) is 4.61. The third kappa shape index (κ3) is 3.26. The van der Waals surface area contributed by atoms with E-state index in [1.807, 2.05) is 0 Å². The minimum Gasteiger partial charge on any atom is -0.465 e. The van der Waals surface area contributed by atoms with Crippen molar-refractivity contribution in [3.05, 3.63) is 63.1 Å². The van der Waals surface area contributed by atoms with E-state index in [-0.39, 0.29) is 26.3 Å². The second-order valence-electron chi connectivity index (χ2n) is 5.24. The van der Waals surface area contributed by atoms with Crippen LogP contribution in [0.5, 0.6) is 0 Å². The summed E-state index contributed by atoms with van der Waals surface area (Å²) >= 11 is 17.9. The van der Waals surface area contributed by atoms with Crippen molar-refractivity contribution in [3.8, 4) is 0 Å². The van der Waals surface area contributed by atoms with Crippen molar-refractivity contribution >= 4 is 69.7 Å². The first-order valence-electron chi connectivity index (χ1n) is 7.13. The lowest BCUT2D eigenvalue weighted by atomic mass is 10.1. The number of imide groups is 1. The molecule has 2 aromatic rings. The summed E-state index contributed by atoms with van der Waals surface area (Å²) in [7, 11) is 0. The Labute approximate surface area is 162 Å². The molecule has 2 aromatic carbocycles. The lowest BCUT2D eigenvalue weighted by molar-refractivity contribution is -0.119. The van der Waals surface area contributed by atoms with Gasteiger partial charge < -0.3 is 5.11 Å². The third-order valence-corrected chi connectivity index (χ3v) is 4.70. The second kappa shape index (κ2) is 6.99. The fourth-order valence-electron chi connectivity index (χ4n) is 2.46. The van der Waals surface area contributed by atoms with Gasteiger partial charge >= 0.3 is 6.09 Å². The minimum atomic E-state index is -1.21. The van der Waals surface area contributed by atoms with Crippen LogP contribution in [-0.2, 0) is 9.59 Å². The smallest absolute Gasteiger partial charge is 0.409 e. The summed E-state index contributed by atoms with van der Waals surface area (Å²) in [5, 5.41) is 11.1. The summed E-state index contributed by atoms with van der Waals surface area (Å²) in [4.78, 5) is 36.8. The van der Waals surface area contributed by atoms with E-state index in [9.17, 15) is 14.4 Å². The van der Waals surface area contributed by atoms with Crippen molar-refractivity contribution in [1.29, 1.82) is 0 Å². The van der Waals surface area contributed by atoms with Crippen molar-refractivity contribution in [2.24, 2.45) is 0 Å². The minimum absolute atomic E-state index is 0.0182. The zero-order valence-electron chi connectivity index (χ0n) is 12.8. The zero-order chi connectivity index (χ0) is 19.0. The van der Waals surface area contributed by atoms with Crippen LogP contribution in [0.25, 0.3) is 5.57 Å². The summed E-state index contributed by atoms with van der Waals surface area (Å²) in [6, 6.07) is 10.3. The molecule has 1 aliphatic rings. The van der Waals surface area contributed by atoms with E-state index in [2.05, 4.69) is 5.32 Å². The number of anilines is 2. The third-order valence-electron chi connectivity index (χ3n) is 3.61. The molecule has 6 nitrogen and oxygen atoms in total. The maximum Gasteiger partial charge on any atom is 0.409 e. The highest BCUT2D eigenvalue weighted by Gasteiger charge is 2.39. The number of carboxylic acid groups (broad SMARTS) is 1. The number of nitrogens with one attached hydrogen (secondary N) is 1. The molecule has 0 spiro atoms. The van der Waals surface area contributed by atoms with E-state index in [1.54, 1.807) is 0 Å². The largest absolute Gasteiger partial charge is 0.465 e. The molecule has 1 heterocycles. The Hall–Kier alpha value is -2.54. The first-order chi connectivity index (χ1) is 12.3. The molecule has 0 radical (unpaired) electrons. The molecule has 0 saturated heterocycles. The molecule has 2 N–H and O–H groups in total. The van der Waals surface area contributed by atoms with E-state index in [0.717, 1.165) is 4.90 Å². The summed E-state index contributed by atoms with van der Waals surface area (Å²) in [6.45, 7) is 0. The molecule has 3 amide bonds. The molecule has 132 valence electrons. The first kappa shape index (κ1) is 18.3. The van der Waals surface area contributed by atoms with Crippen LogP contribution in [0, 0.1) is 0 Å². The molecule has 0 atom stereocenters. The van der Waals surface area contributed by atoms with Crippen LogP contribution in [0.4, 0.5) is 16.2 Å². The molecule has 3 rings (SSSR count). The maximum absolute atomic E-state index is 12.8. The van der Waals surface area contributed by atoms with Gasteiger partial charge in [-0.3, -0.25) is 14.9 Å². The summed E-state index contributed by atoms with van der Waals surface area (Å²) in [5.74, 6) is -1.30. The Bertz CT molecular complexity index is 970. The summed E-state index contributed by atoms with van der Waals surface area (Å²) in [6.07, 6.45) is -1.21. The normalized spacial score (nSPS) is 14.2. The van der Waals surface area contributed by atoms with Gasteiger partial charge in [0.2, 0.25) is 0 Å². The number of hydrogen-bond acceptors (Lipinski definition) is 3. The predicted molar refractivity (Wildman–Crippen MR) is 99.8 cm³/mol. The SMILES string of the molecule is O=C(O)Nc1ccc(C2=C(Cl)C(=O)N(c3ccc(Cl)c(Cl)c3)C2=O)cc1. The first-order valence-corrected chi connectivity index (χ1v) is 8.27. The van der Waals surface area contributed by atoms with Gasteiger partial charge in [0.15, 0.2) is 0 Å². The van der Waals surface area contributed by atoms with E-state index in [1.165, 1.54) is 42.5 Å². The van der Waals surface area contributed by atoms with Gasteiger partial charge in [0, 0.05) is 5.69 Å². The zero-order valence-corrected chi connectivity index (χ0v) is 15.1. The van der Waals surface area contributed by atoms with Gasteiger partial charge in [0.1, 0.15) is 5.03 Å². The quantitative estimate of drug-likeness (QED) is 0.722. The van der Waals surface area contributed by atoms with E-state index in [4.69, 9.17) is 39.9 Å². The van der Waals surface area contributed by atoms with Crippen LogP contribution in [0.15, 0.2) is 47.5 Å². The molecule has 0 bridgehead atoms. The molecular weight excluding hydrogens is 403 g/mol. The number of carbonyl (C=O) groups excluding carboxylic acids is 2. The van der Waals surface area contributed by atoms with Gasteiger partial charge in [-0.05, 0) is 35.9 Å². The van der Waals surface area contributed by atoms with E-state index in [0.29, 0.717) is 11.3 Å². The van der Waals surface area contributed by atoms with Crippen LogP contribution in [0.3, 0.4) is 0 Å². The number of benzene rings is 2. The molecule has 1 aliphatic heterocycles. The van der Waals surface area contributed by atoms with Crippen molar-refractivity contribution < 1.29 is 19.5 Å². The lowest BCUT2D eigenvalue weighted by Crippen LogP contribution is -2.31. The highest BCUT2D eigenvalue weighted by Crippen LogP contribution is 2.37. The fourth-order valence-corrected chi connectivity index (χ4v) is 3.02. The van der Waals surface area contributed by atoms with Crippen LogP contribution in [0.2, 0.25) is 10.0 Å². The average molecular weight is 412 g/mol. The number of halogens is 3. The standard InChI is InChI=1S/C17H9Cl3N2O4/c18-11-6-5-10(7-12(11)19)22-15(23)13(14(20)16(22)24)8-1-3-9(4-2-8)21-17(25)26/h1-7,21H,(H,25,26). The van der Waals surface area contributed by atoms with Gasteiger partial charge in [0.25, 0.3) is 11.8 Å².